The molecule has 0 spiro atoms. The van der Waals surface area contributed by atoms with E-state index in [1.165, 1.54) is 68.1 Å². The molecule has 174 valence electrons. The lowest BCUT2D eigenvalue weighted by atomic mass is 9.77. The number of nitrogen functional groups attached to an aromatic ring is 2. The zero-order valence-electron chi connectivity index (χ0n) is 19.9. The highest BCUT2D eigenvalue weighted by molar-refractivity contribution is 5.64. The molecule has 0 saturated heterocycles. The van der Waals surface area contributed by atoms with Crippen molar-refractivity contribution in [1.82, 2.24) is 0 Å². The molecular weight excluding hydrogens is 404 g/mol. The van der Waals surface area contributed by atoms with Crippen LogP contribution in [0.4, 0.5) is 11.4 Å². The smallest absolute Gasteiger partial charge is 0.119 e. The quantitative estimate of drug-likeness (QED) is 0.261. The minimum absolute atomic E-state index is 0.449. The molecule has 0 heterocycles. The molecule has 0 atom stereocenters. The summed E-state index contributed by atoms with van der Waals surface area (Å²) in [7, 11) is 0. The third kappa shape index (κ3) is 6.54. The Hall–Kier alpha value is -2.94. The van der Waals surface area contributed by atoms with Crippen LogP contribution in [0.3, 0.4) is 0 Å². The average molecular weight is 443 g/mol. The molecule has 0 bridgehead atoms. The molecule has 3 aromatic carbocycles. The molecule has 3 nitrogen and oxygen atoms in total. The van der Waals surface area contributed by atoms with Crippen LogP contribution in [0.5, 0.6) is 5.75 Å². The third-order valence-corrected chi connectivity index (χ3v) is 7.08. The predicted molar refractivity (Wildman–Crippen MR) is 140 cm³/mol. The van der Waals surface area contributed by atoms with Crippen LogP contribution in [0.1, 0.15) is 75.3 Å². The fourth-order valence-corrected chi connectivity index (χ4v) is 5.15. The van der Waals surface area contributed by atoms with E-state index in [0.29, 0.717) is 18.0 Å². The summed E-state index contributed by atoms with van der Waals surface area (Å²) in [6.45, 7) is 2.74. The van der Waals surface area contributed by atoms with Gasteiger partial charge in [0.2, 0.25) is 0 Å². The molecule has 0 aromatic heterocycles. The molecule has 0 aliphatic heterocycles. The lowest BCUT2D eigenvalue weighted by molar-refractivity contribution is 0.303. The van der Waals surface area contributed by atoms with Gasteiger partial charge in [0, 0.05) is 11.4 Å². The first-order valence-corrected chi connectivity index (χ1v) is 12.6. The Balaban J connectivity index is 1.30. The topological polar surface area (TPSA) is 61.3 Å². The van der Waals surface area contributed by atoms with Crippen LogP contribution in [-0.2, 0) is 6.61 Å². The molecule has 0 amide bonds. The summed E-state index contributed by atoms with van der Waals surface area (Å²) in [6, 6.07) is 23.1. The fourth-order valence-electron chi connectivity index (χ4n) is 5.15. The van der Waals surface area contributed by atoms with E-state index in [-0.39, 0.29) is 0 Å². The van der Waals surface area contributed by atoms with Gasteiger partial charge in [-0.15, -0.1) is 0 Å². The first kappa shape index (κ1) is 23.2. The highest BCUT2D eigenvalue weighted by Gasteiger charge is 2.22. The lowest BCUT2D eigenvalue weighted by Gasteiger charge is -2.29. The van der Waals surface area contributed by atoms with E-state index in [4.69, 9.17) is 16.2 Å². The summed E-state index contributed by atoms with van der Waals surface area (Å²) in [5.41, 5.74) is 18.0. The number of hydrogen-bond acceptors (Lipinski definition) is 3. The van der Waals surface area contributed by atoms with Crippen LogP contribution in [0.25, 0.3) is 11.1 Å². The van der Waals surface area contributed by atoms with Gasteiger partial charge in [-0.1, -0.05) is 69.0 Å². The second-order valence-electron chi connectivity index (χ2n) is 9.66. The Morgan fingerprint density at radius 1 is 0.758 bits per heavy atom. The van der Waals surface area contributed by atoms with Crippen molar-refractivity contribution in [3.8, 4) is 16.9 Å². The number of anilines is 2. The van der Waals surface area contributed by atoms with E-state index in [1.54, 1.807) is 6.07 Å². The van der Waals surface area contributed by atoms with Gasteiger partial charge in [0.05, 0.1) is 0 Å². The van der Waals surface area contributed by atoms with Gasteiger partial charge in [0.1, 0.15) is 12.4 Å². The van der Waals surface area contributed by atoms with Crippen molar-refractivity contribution >= 4 is 11.4 Å². The van der Waals surface area contributed by atoms with E-state index in [1.807, 2.05) is 24.3 Å². The van der Waals surface area contributed by atoms with Gasteiger partial charge in [-0.05, 0) is 90.1 Å². The molecule has 1 fully saturated rings. The zero-order chi connectivity index (χ0) is 23.0. The predicted octanol–water partition coefficient (Wildman–Crippen LogP) is 7.95. The molecule has 3 heteroatoms. The molecule has 4 rings (SSSR count). The van der Waals surface area contributed by atoms with Gasteiger partial charge < -0.3 is 16.2 Å². The molecule has 1 aliphatic carbocycles. The number of rotatable bonds is 9. The van der Waals surface area contributed by atoms with E-state index >= 15 is 0 Å². The maximum absolute atomic E-state index is 5.92. The minimum atomic E-state index is 0.449. The Bertz CT molecular complexity index is 982. The Morgan fingerprint density at radius 3 is 1.97 bits per heavy atom. The second-order valence-corrected chi connectivity index (χ2v) is 9.66. The lowest BCUT2D eigenvalue weighted by Crippen LogP contribution is -2.13. The van der Waals surface area contributed by atoms with Crippen molar-refractivity contribution < 1.29 is 4.74 Å². The van der Waals surface area contributed by atoms with E-state index in [2.05, 4.69) is 43.3 Å². The summed E-state index contributed by atoms with van der Waals surface area (Å²) in [5.74, 6) is 2.54. The van der Waals surface area contributed by atoms with Crippen LogP contribution < -0.4 is 16.2 Å². The third-order valence-electron chi connectivity index (χ3n) is 7.08. The van der Waals surface area contributed by atoms with E-state index < -0.39 is 0 Å². The normalized spacial score (nSPS) is 18.2. The van der Waals surface area contributed by atoms with Crippen molar-refractivity contribution in [3.63, 3.8) is 0 Å². The first-order valence-electron chi connectivity index (χ1n) is 12.6. The van der Waals surface area contributed by atoms with E-state index in [0.717, 1.165) is 23.1 Å². The number of hydrogen-bond donors (Lipinski definition) is 2. The van der Waals surface area contributed by atoms with Gasteiger partial charge in [-0.2, -0.15) is 0 Å². The standard InChI is InChI=1S/C30H38N2O/c1-2-3-4-5-22-6-8-24(9-7-22)25-10-12-26(13-11-25)27-14-16-30(17-15-27)33-21-23-18-28(31)20-29(32)19-23/h10-20,22,24H,2-9,21,31-32H2,1H3. The van der Waals surface area contributed by atoms with Crippen LogP contribution >= 0.6 is 0 Å². The number of unbranched alkanes of at least 4 members (excludes halogenated alkanes) is 2. The summed E-state index contributed by atoms with van der Waals surface area (Å²) in [6.07, 6.45) is 11.1. The first-order chi connectivity index (χ1) is 16.1. The summed E-state index contributed by atoms with van der Waals surface area (Å²) < 4.78 is 5.92. The van der Waals surface area contributed by atoms with Crippen LogP contribution in [0, 0.1) is 5.92 Å². The number of benzene rings is 3. The molecular formula is C30H38N2O. The maximum atomic E-state index is 5.92. The molecule has 3 aromatic rings. The molecule has 1 aliphatic rings. The van der Waals surface area contributed by atoms with Crippen molar-refractivity contribution in [1.29, 1.82) is 0 Å². The molecule has 4 N–H and O–H groups in total. The minimum Gasteiger partial charge on any atom is -0.489 e. The second kappa shape index (κ2) is 11.3. The summed E-state index contributed by atoms with van der Waals surface area (Å²) >= 11 is 0. The van der Waals surface area contributed by atoms with Crippen LogP contribution in [0.15, 0.2) is 66.7 Å². The van der Waals surface area contributed by atoms with Gasteiger partial charge in [0.25, 0.3) is 0 Å². The molecule has 0 unspecified atom stereocenters. The number of ether oxygens (including phenoxy) is 1. The summed E-state index contributed by atoms with van der Waals surface area (Å²) in [5, 5.41) is 0. The fraction of sp³-hybridized carbons (Fsp3) is 0.400. The highest BCUT2D eigenvalue weighted by atomic mass is 16.5. The Kier molecular flexibility index (Phi) is 7.93. The Morgan fingerprint density at radius 2 is 1.36 bits per heavy atom. The zero-order valence-corrected chi connectivity index (χ0v) is 19.9. The van der Waals surface area contributed by atoms with Crippen molar-refractivity contribution in [3.05, 3.63) is 77.9 Å². The SMILES string of the molecule is CCCCCC1CCC(c2ccc(-c3ccc(OCc4cc(N)cc(N)c4)cc3)cc2)CC1. The monoisotopic (exact) mass is 442 g/mol. The number of nitrogens with two attached hydrogens (primary N) is 2. The van der Waals surface area contributed by atoms with Crippen molar-refractivity contribution in [2.75, 3.05) is 11.5 Å². The molecule has 1 saturated carbocycles. The summed E-state index contributed by atoms with van der Waals surface area (Å²) in [4.78, 5) is 0. The molecule has 33 heavy (non-hydrogen) atoms. The van der Waals surface area contributed by atoms with E-state index in [9.17, 15) is 0 Å². The van der Waals surface area contributed by atoms with Crippen molar-refractivity contribution in [2.24, 2.45) is 5.92 Å². The van der Waals surface area contributed by atoms with Crippen LogP contribution in [-0.4, -0.2) is 0 Å². The maximum Gasteiger partial charge on any atom is 0.119 e. The highest BCUT2D eigenvalue weighted by Crippen LogP contribution is 2.38. The molecule has 0 radical (unpaired) electrons. The van der Waals surface area contributed by atoms with Gasteiger partial charge in [0.15, 0.2) is 0 Å². The Labute approximate surface area is 199 Å². The van der Waals surface area contributed by atoms with Crippen molar-refractivity contribution in [2.45, 2.75) is 70.8 Å². The van der Waals surface area contributed by atoms with Gasteiger partial charge in [-0.3, -0.25) is 0 Å². The largest absolute Gasteiger partial charge is 0.489 e. The van der Waals surface area contributed by atoms with Gasteiger partial charge >= 0.3 is 0 Å². The average Bonchev–Trinajstić information content (AvgIpc) is 2.83. The van der Waals surface area contributed by atoms with Gasteiger partial charge in [-0.25, -0.2) is 0 Å². The van der Waals surface area contributed by atoms with Crippen LogP contribution in [0.2, 0.25) is 0 Å².